The average molecular weight is 335 g/mol. The number of nitrogens with two attached hydrogens (primary N) is 1. The Morgan fingerprint density at radius 1 is 1.40 bits per heavy atom. The molecule has 6 heteroatoms. The third-order valence-corrected chi connectivity index (χ3v) is 4.91. The van der Waals surface area contributed by atoms with Crippen molar-refractivity contribution in [2.45, 2.75) is 37.1 Å². The van der Waals surface area contributed by atoms with Gasteiger partial charge in [0, 0.05) is 4.90 Å². The molecule has 1 aromatic rings. The van der Waals surface area contributed by atoms with Crippen molar-refractivity contribution in [3.8, 4) is 0 Å². The Morgan fingerprint density at radius 3 is 2.65 bits per heavy atom. The second kappa shape index (κ2) is 8.13. The zero-order valence-electron chi connectivity index (χ0n) is 11.7. The third-order valence-electron chi connectivity index (χ3n) is 3.09. The number of nitrogens with one attached hydrogen (secondary N) is 1. The van der Waals surface area contributed by atoms with Crippen LogP contribution in [0.25, 0.3) is 0 Å². The fourth-order valence-electron chi connectivity index (χ4n) is 1.87. The number of carbonyl (C=O) groups is 1. The Bertz CT molecular complexity index is 470. The zero-order chi connectivity index (χ0) is 15.2. The maximum absolute atomic E-state index is 11.5. The molecule has 0 spiro atoms. The van der Waals surface area contributed by atoms with Crippen molar-refractivity contribution >= 4 is 40.9 Å². The summed E-state index contributed by atoms with van der Waals surface area (Å²) in [5.41, 5.74) is 4.81. The molecule has 0 bridgehead atoms. The number of primary amides is 1. The predicted octanol–water partition coefficient (Wildman–Crippen LogP) is 3.72. The molecular formula is C14H20Cl2N2OS. The zero-order valence-corrected chi connectivity index (χ0v) is 14.0. The van der Waals surface area contributed by atoms with Crippen LogP contribution in [0.15, 0.2) is 23.1 Å². The lowest BCUT2D eigenvalue weighted by Crippen LogP contribution is -2.53. The summed E-state index contributed by atoms with van der Waals surface area (Å²) in [7, 11) is 0. The molecule has 0 heterocycles. The highest BCUT2D eigenvalue weighted by Gasteiger charge is 2.28. The van der Waals surface area contributed by atoms with Gasteiger partial charge in [-0.2, -0.15) is 0 Å². The lowest BCUT2D eigenvalue weighted by molar-refractivity contribution is -0.124. The van der Waals surface area contributed by atoms with Crippen LogP contribution in [0.5, 0.6) is 0 Å². The molecule has 1 amide bonds. The Hall–Kier alpha value is -0.420. The van der Waals surface area contributed by atoms with E-state index < -0.39 is 5.54 Å². The maximum atomic E-state index is 11.5. The highest BCUT2D eigenvalue weighted by Crippen LogP contribution is 2.28. The molecule has 1 atom stereocenters. The normalized spacial score (nSPS) is 14.0. The largest absolute Gasteiger partial charge is 0.368 e. The van der Waals surface area contributed by atoms with E-state index in [0.29, 0.717) is 16.5 Å². The molecular weight excluding hydrogens is 315 g/mol. The molecule has 0 aliphatic heterocycles. The first-order valence-corrected chi connectivity index (χ1v) is 8.26. The summed E-state index contributed by atoms with van der Waals surface area (Å²) >= 11 is 13.5. The number of likely N-dealkylation sites (N-methyl/N-ethyl adjacent to an activating group) is 1. The molecule has 0 aliphatic carbocycles. The van der Waals surface area contributed by atoms with E-state index in [1.807, 2.05) is 26.0 Å². The number of halogens is 2. The molecule has 1 aromatic carbocycles. The van der Waals surface area contributed by atoms with Crippen LogP contribution in [-0.4, -0.2) is 23.7 Å². The number of benzene rings is 1. The summed E-state index contributed by atoms with van der Waals surface area (Å²) < 4.78 is 0. The van der Waals surface area contributed by atoms with E-state index in [1.54, 1.807) is 17.8 Å². The van der Waals surface area contributed by atoms with Crippen molar-refractivity contribution in [3.05, 3.63) is 28.2 Å². The van der Waals surface area contributed by atoms with Crippen LogP contribution in [-0.2, 0) is 4.79 Å². The molecule has 1 rings (SSSR count). The number of amides is 1. The summed E-state index contributed by atoms with van der Waals surface area (Å²) in [6, 6.07) is 5.58. The third kappa shape index (κ3) is 5.17. The van der Waals surface area contributed by atoms with E-state index in [-0.39, 0.29) is 5.91 Å². The number of hydrogen-bond donors (Lipinski definition) is 2. The van der Waals surface area contributed by atoms with Crippen molar-refractivity contribution in [2.75, 3.05) is 12.3 Å². The SMILES string of the molecule is CCNC(C)(CCCSc1ccc(Cl)c(Cl)c1)C(N)=O. The van der Waals surface area contributed by atoms with Gasteiger partial charge >= 0.3 is 0 Å². The first-order chi connectivity index (χ1) is 9.39. The Morgan fingerprint density at radius 2 is 2.10 bits per heavy atom. The van der Waals surface area contributed by atoms with E-state index in [9.17, 15) is 4.79 Å². The minimum atomic E-state index is -0.632. The number of thioether (sulfide) groups is 1. The van der Waals surface area contributed by atoms with Gasteiger partial charge in [-0.3, -0.25) is 4.79 Å². The highest BCUT2D eigenvalue weighted by atomic mass is 35.5. The maximum Gasteiger partial charge on any atom is 0.237 e. The van der Waals surface area contributed by atoms with Crippen LogP contribution < -0.4 is 11.1 Å². The van der Waals surface area contributed by atoms with Gasteiger partial charge in [0.25, 0.3) is 0 Å². The molecule has 0 aliphatic rings. The minimum absolute atomic E-state index is 0.307. The van der Waals surface area contributed by atoms with Crippen molar-refractivity contribution < 1.29 is 4.79 Å². The van der Waals surface area contributed by atoms with Gasteiger partial charge in [0.05, 0.1) is 15.6 Å². The van der Waals surface area contributed by atoms with Crippen LogP contribution in [0.3, 0.4) is 0 Å². The first-order valence-electron chi connectivity index (χ1n) is 6.52. The van der Waals surface area contributed by atoms with Crippen molar-refractivity contribution in [2.24, 2.45) is 5.73 Å². The number of hydrogen-bond acceptors (Lipinski definition) is 3. The molecule has 20 heavy (non-hydrogen) atoms. The van der Waals surface area contributed by atoms with Gasteiger partial charge in [0.1, 0.15) is 0 Å². The van der Waals surface area contributed by atoms with E-state index >= 15 is 0 Å². The Labute approximate surface area is 134 Å². The molecule has 0 radical (unpaired) electrons. The van der Waals surface area contributed by atoms with Gasteiger partial charge in [-0.05, 0) is 50.3 Å². The second-order valence-corrected chi connectivity index (χ2v) is 6.74. The second-order valence-electron chi connectivity index (χ2n) is 4.75. The Balaban J connectivity index is 2.44. The summed E-state index contributed by atoms with van der Waals surface area (Å²) in [5.74, 6) is 0.588. The lowest BCUT2D eigenvalue weighted by atomic mass is 9.95. The van der Waals surface area contributed by atoms with Crippen LogP contribution in [0.1, 0.15) is 26.7 Å². The summed E-state index contributed by atoms with van der Waals surface area (Å²) in [5, 5.41) is 4.27. The van der Waals surface area contributed by atoms with Gasteiger partial charge in [-0.1, -0.05) is 30.1 Å². The smallest absolute Gasteiger partial charge is 0.237 e. The van der Waals surface area contributed by atoms with Crippen LogP contribution in [0.2, 0.25) is 10.0 Å². The number of rotatable bonds is 8. The van der Waals surface area contributed by atoms with Crippen LogP contribution >= 0.6 is 35.0 Å². The fourth-order valence-corrected chi connectivity index (χ4v) is 3.12. The molecule has 0 saturated heterocycles. The monoisotopic (exact) mass is 334 g/mol. The topological polar surface area (TPSA) is 55.1 Å². The Kier molecular flexibility index (Phi) is 7.17. The van der Waals surface area contributed by atoms with E-state index in [2.05, 4.69) is 5.32 Å². The molecule has 0 aromatic heterocycles. The minimum Gasteiger partial charge on any atom is -0.368 e. The molecule has 3 N–H and O–H groups in total. The molecule has 0 fully saturated rings. The van der Waals surface area contributed by atoms with Crippen molar-refractivity contribution in [1.29, 1.82) is 0 Å². The van der Waals surface area contributed by atoms with Crippen LogP contribution in [0, 0.1) is 0 Å². The van der Waals surface area contributed by atoms with Gasteiger partial charge in [-0.25, -0.2) is 0 Å². The summed E-state index contributed by atoms with van der Waals surface area (Å²) in [6.45, 7) is 4.54. The highest BCUT2D eigenvalue weighted by molar-refractivity contribution is 7.99. The standard InChI is InChI=1S/C14H20Cl2N2OS/c1-3-18-14(2,13(17)19)7-4-8-20-10-5-6-11(15)12(16)9-10/h5-6,9,18H,3-4,7-8H2,1-2H3,(H2,17,19). The van der Waals surface area contributed by atoms with E-state index in [4.69, 9.17) is 28.9 Å². The molecule has 112 valence electrons. The van der Waals surface area contributed by atoms with E-state index in [0.717, 1.165) is 23.6 Å². The average Bonchev–Trinajstić information content (AvgIpc) is 2.39. The fraction of sp³-hybridized carbons (Fsp3) is 0.500. The quantitative estimate of drug-likeness (QED) is 0.562. The van der Waals surface area contributed by atoms with E-state index in [1.165, 1.54) is 0 Å². The van der Waals surface area contributed by atoms with Crippen molar-refractivity contribution in [1.82, 2.24) is 5.32 Å². The molecule has 3 nitrogen and oxygen atoms in total. The number of carbonyl (C=O) groups excluding carboxylic acids is 1. The van der Waals surface area contributed by atoms with Gasteiger partial charge in [0.2, 0.25) is 5.91 Å². The van der Waals surface area contributed by atoms with Gasteiger partial charge in [0.15, 0.2) is 0 Å². The van der Waals surface area contributed by atoms with Crippen LogP contribution in [0.4, 0.5) is 0 Å². The van der Waals surface area contributed by atoms with Gasteiger partial charge in [-0.15, -0.1) is 11.8 Å². The molecule has 0 saturated carbocycles. The summed E-state index contributed by atoms with van der Waals surface area (Å²) in [6.07, 6.45) is 1.60. The first kappa shape index (κ1) is 17.6. The van der Waals surface area contributed by atoms with Gasteiger partial charge < -0.3 is 11.1 Å². The predicted molar refractivity (Wildman–Crippen MR) is 87.7 cm³/mol. The molecule has 1 unspecified atom stereocenters. The van der Waals surface area contributed by atoms with Crippen molar-refractivity contribution in [3.63, 3.8) is 0 Å². The lowest BCUT2D eigenvalue weighted by Gasteiger charge is -2.26. The summed E-state index contributed by atoms with van der Waals surface area (Å²) in [4.78, 5) is 12.6.